The van der Waals surface area contributed by atoms with Crippen LogP contribution in [-0.4, -0.2) is 7.11 Å². The topological polar surface area (TPSA) is 9.23 Å². The number of halogens is 3. The maximum absolute atomic E-state index is 12.8. The quantitative estimate of drug-likeness (QED) is 0.717. The first-order valence-electron chi connectivity index (χ1n) is 3.50. The summed E-state index contributed by atoms with van der Waals surface area (Å²) in [6.07, 6.45) is 0. The van der Waals surface area contributed by atoms with E-state index in [-0.39, 0.29) is 5.56 Å². The maximum Gasteiger partial charge on any atom is 0.225 e. The van der Waals surface area contributed by atoms with Gasteiger partial charge in [-0.15, -0.1) is 0 Å². The fourth-order valence-corrected chi connectivity index (χ4v) is 0.956. The van der Waals surface area contributed by atoms with Gasteiger partial charge < -0.3 is 4.74 Å². The van der Waals surface area contributed by atoms with Gasteiger partial charge in [0.05, 0.1) is 7.11 Å². The molecule has 1 nitrogen and oxygen atoms in total. The molecule has 4 heteroatoms. The first kappa shape index (κ1) is 9.99. The van der Waals surface area contributed by atoms with Gasteiger partial charge in [-0.1, -0.05) is 0 Å². The Kier molecular flexibility index (Phi) is 3.25. The summed E-state index contributed by atoms with van der Waals surface area (Å²) in [5.41, 5.74) is 0.0910. The van der Waals surface area contributed by atoms with E-state index in [0.29, 0.717) is 5.75 Å². The molecule has 0 atom stereocenters. The summed E-state index contributed by atoms with van der Waals surface area (Å²) in [6.45, 7) is 0. The Labute approximate surface area is 79.6 Å². The Bertz CT molecular complexity index is 315. The summed E-state index contributed by atoms with van der Waals surface area (Å²) in [7, 11) is 1.49. The minimum absolute atomic E-state index is 0.0910. The second-order valence-electron chi connectivity index (χ2n) is 2.30. The van der Waals surface area contributed by atoms with Crippen molar-refractivity contribution >= 4 is 17.4 Å². The molecular formula is C9H7ClF2O. The molecule has 0 bridgehead atoms. The van der Waals surface area contributed by atoms with Crippen LogP contribution in [0.1, 0.15) is 5.56 Å². The lowest BCUT2D eigenvalue weighted by atomic mass is 10.2. The van der Waals surface area contributed by atoms with E-state index >= 15 is 0 Å². The van der Waals surface area contributed by atoms with Gasteiger partial charge >= 0.3 is 0 Å². The number of benzene rings is 1. The molecule has 13 heavy (non-hydrogen) atoms. The molecule has 0 unspecified atom stereocenters. The molecule has 1 aromatic rings. The molecular weight excluding hydrogens is 198 g/mol. The third-order valence-electron chi connectivity index (χ3n) is 1.51. The van der Waals surface area contributed by atoms with Crippen molar-refractivity contribution in [3.63, 3.8) is 0 Å². The van der Waals surface area contributed by atoms with E-state index in [1.165, 1.54) is 31.4 Å². The molecule has 0 N–H and O–H groups in total. The number of hydrogen-bond acceptors (Lipinski definition) is 1. The average Bonchev–Trinajstić information content (AvgIpc) is 2.17. The van der Waals surface area contributed by atoms with Crippen molar-refractivity contribution < 1.29 is 13.5 Å². The monoisotopic (exact) mass is 204 g/mol. The molecule has 0 heterocycles. The first-order valence-corrected chi connectivity index (χ1v) is 3.88. The van der Waals surface area contributed by atoms with Gasteiger partial charge in [0, 0.05) is 5.56 Å². The van der Waals surface area contributed by atoms with Crippen molar-refractivity contribution in [3.8, 4) is 5.75 Å². The lowest BCUT2D eigenvalue weighted by Gasteiger charge is -2.00. The summed E-state index contributed by atoms with van der Waals surface area (Å²) < 4.78 is 29.9. The number of ether oxygens (including phenoxy) is 1. The van der Waals surface area contributed by atoms with Crippen LogP contribution in [-0.2, 0) is 0 Å². The second-order valence-corrected chi connectivity index (χ2v) is 2.63. The SMILES string of the molecule is COc1ccc(/C(F)=C(/F)Cl)cc1. The average molecular weight is 205 g/mol. The Hall–Kier alpha value is -1.09. The van der Waals surface area contributed by atoms with Crippen molar-refractivity contribution in [1.29, 1.82) is 0 Å². The van der Waals surface area contributed by atoms with Gasteiger partial charge in [-0.25, -0.2) is 4.39 Å². The molecule has 0 radical (unpaired) electrons. The largest absolute Gasteiger partial charge is 0.497 e. The van der Waals surface area contributed by atoms with Crippen LogP contribution in [0.2, 0.25) is 0 Å². The minimum atomic E-state index is -1.34. The van der Waals surface area contributed by atoms with Gasteiger partial charge in [-0.05, 0) is 35.9 Å². The Morgan fingerprint density at radius 2 is 1.77 bits per heavy atom. The Balaban J connectivity index is 2.99. The highest BCUT2D eigenvalue weighted by Crippen LogP contribution is 2.25. The standard InChI is InChI=1S/C9H7ClF2O/c1-13-7-4-2-6(3-5-7)8(11)9(10)12/h2-5H,1H3/b9-8-. The van der Waals surface area contributed by atoms with Crippen LogP contribution in [0.5, 0.6) is 5.75 Å². The van der Waals surface area contributed by atoms with Gasteiger partial charge in [-0.3, -0.25) is 0 Å². The molecule has 0 spiro atoms. The molecule has 70 valence electrons. The lowest BCUT2D eigenvalue weighted by molar-refractivity contribution is 0.414. The van der Waals surface area contributed by atoms with Crippen LogP contribution < -0.4 is 4.74 Å². The van der Waals surface area contributed by atoms with Crippen molar-refractivity contribution in [2.75, 3.05) is 7.11 Å². The highest BCUT2D eigenvalue weighted by molar-refractivity contribution is 6.30. The normalized spacial score (nSPS) is 12.3. The van der Waals surface area contributed by atoms with E-state index in [0.717, 1.165) is 0 Å². The Morgan fingerprint density at radius 3 is 2.15 bits per heavy atom. The van der Waals surface area contributed by atoms with Gasteiger partial charge in [0.15, 0.2) is 5.83 Å². The van der Waals surface area contributed by atoms with Gasteiger partial charge in [-0.2, -0.15) is 4.39 Å². The van der Waals surface area contributed by atoms with Gasteiger partial charge in [0.2, 0.25) is 5.29 Å². The summed E-state index contributed by atoms with van der Waals surface area (Å²) >= 11 is 4.84. The second kappa shape index (κ2) is 4.23. The van der Waals surface area contributed by atoms with Crippen LogP contribution in [0.3, 0.4) is 0 Å². The maximum atomic E-state index is 12.8. The zero-order valence-corrected chi connectivity index (χ0v) is 7.61. The Morgan fingerprint density at radius 1 is 1.23 bits per heavy atom. The molecule has 0 aliphatic carbocycles. The predicted molar refractivity (Wildman–Crippen MR) is 48.0 cm³/mol. The number of hydrogen-bond donors (Lipinski definition) is 0. The van der Waals surface area contributed by atoms with E-state index in [1.54, 1.807) is 0 Å². The molecule has 0 fully saturated rings. The zero-order chi connectivity index (χ0) is 9.84. The van der Waals surface area contributed by atoms with Gasteiger partial charge in [0.25, 0.3) is 0 Å². The van der Waals surface area contributed by atoms with E-state index in [2.05, 4.69) is 0 Å². The first-order chi connectivity index (χ1) is 6.15. The van der Waals surface area contributed by atoms with E-state index in [9.17, 15) is 8.78 Å². The highest BCUT2D eigenvalue weighted by Gasteiger charge is 2.05. The predicted octanol–water partition coefficient (Wildman–Crippen LogP) is 3.50. The van der Waals surface area contributed by atoms with Crippen LogP contribution in [0.25, 0.3) is 5.83 Å². The molecule has 0 saturated carbocycles. The van der Waals surface area contributed by atoms with E-state index in [4.69, 9.17) is 16.3 Å². The number of methoxy groups -OCH3 is 1. The van der Waals surface area contributed by atoms with E-state index < -0.39 is 11.1 Å². The smallest absolute Gasteiger partial charge is 0.225 e. The van der Waals surface area contributed by atoms with Crippen molar-refractivity contribution in [3.05, 3.63) is 35.1 Å². The number of rotatable bonds is 2. The third-order valence-corrected chi connectivity index (χ3v) is 1.68. The van der Waals surface area contributed by atoms with Gasteiger partial charge in [0.1, 0.15) is 5.75 Å². The third kappa shape index (κ3) is 2.42. The van der Waals surface area contributed by atoms with Crippen LogP contribution in [0, 0.1) is 0 Å². The fraction of sp³-hybridized carbons (Fsp3) is 0.111. The summed E-state index contributed by atoms with van der Waals surface area (Å²) in [6, 6.07) is 5.82. The molecule has 0 aliphatic heterocycles. The summed E-state index contributed by atoms with van der Waals surface area (Å²) in [5.74, 6) is -0.490. The van der Waals surface area contributed by atoms with Crippen LogP contribution >= 0.6 is 11.6 Å². The molecule has 1 rings (SSSR count). The van der Waals surface area contributed by atoms with Crippen LogP contribution in [0.15, 0.2) is 29.6 Å². The van der Waals surface area contributed by atoms with Crippen molar-refractivity contribution in [2.45, 2.75) is 0 Å². The fourth-order valence-electron chi connectivity index (χ4n) is 0.846. The van der Waals surface area contributed by atoms with Crippen LogP contribution in [0.4, 0.5) is 8.78 Å². The van der Waals surface area contributed by atoms with E-state index in [1.807, 2.05) is 0 Å². The lowest BCUT2D eigenvalue weighted by Crippen LogP contribution is -1.83. The van der Waals surface area contributed by atoms with Crippen molar-refractivity contribution in [2.24, 2.45) is 0 Å². The molecule has 0 aliphatic rings. The molecule has 0 amide bonds. The zero-order valence-electron chi connectivity index (χ0n) is 6.85. The minimum Gasteiger partial charge on any atom is -0.497 e. The molecule has 1 aromatic carbocycles. The molecule has 0 aromatic heterocycles. The van der Waals surface area contributed by atoms with Crippen molar-refractivity contribution in [1.82, 2.24) is 0 Å². The highest BCUT2D eigenvalue weighted by atomic mass is 35.5. The molecule has 0 saturated heterocycles. The summed E-state index contributed by atoms with van der Waals surface area (Å²) in [4.78, 5) is 0. The summed E-state index contributed by atoms with van der Waals surface area (Å²) in [5, 5.41) is -1.34.